The lowest BCUT2D eigenvalue weighted by Crippen LogP contribution is -2.30. The summed E-state index contributed by atoms with van der Waals surface area (Å²) in [6.07, 6.45) is 4.31. The highest BCUT2D eigenvalue weighted by Gasteiger charge is 2.22. The van der Waals surface area contributed by atoms with Crippen LogP contribution < -0.4 is 10.6 Å². The second-order valence-corrected chi connectivity index (χ2v) is 5.93. The fourth-order valence-electron chi connectivity index (χ4n) is 2.29. The fourth-order valence-corrected chi connectivity index (χ4v) is 3.24. The average molecular weight is 307 g/mol. The van der Waals surface area contributed by atoms with E-state index in [0.717, 1.165) is 22.6 Å². The van der Waals surface area contributed by atoms with Gasteiger partial charge in [0.05, 0.1) is 30.0 Å². The SMILES string of the molecule is CNC(C(=O)Nc1nc2c(s1)COCC2)c1cnn(C)c1. The lowest BCUT2D eigenvalue weighted by atomic mass is 10.1. The maximum Gasteiger partial charge on any atom is 0.247 e. The first-order valence-corrected chi connectivity index (χ1v) is 7.52. The quantitative estimate of drug-likeness (QED) is 0.875. The molecule has 0 bridgehead atoms. The number of likely N-dealkylation sites (N-methyl/N-ethyl adjacent to an activating group) is 1. The maximum absolute atomic E-state index is 12.4. The molecule has 2 N–H and O–H groups in total. The first-order valence-electron chi connectivity index (χ1n) is 6.70. The molecule has 3 heterocycles. The molecule has 0 spiro atoms. The number of aryl methyl sites for hydroxylation is 1. The highest BCUT2D eigenvalue weighted by atomic mass is 32.1. The molecule has 1 aliphatic rings. The molecule has 0 saturated heterocycles. The van der Waals surface area contributed by atoms with Crippen LogP contribution >= 0.6 is 11.3 Å². The highest BCUT2D eigenvalue weighted by Crippen LogP contribution is 2.27. The van der Waals surface area contributed by atoms with Crippen LogP contribution in [-0.4, -0.2) is 34.3 Å². The highest BCUT2D eigenvalue weighted by molar-refractivity contribution is 7.15. The van der Waals surface area contributed by atoms with Crippen molar-refractivity contribution in [1.82, 2.24) is 20.1 Å². The van der Waals surface area contributed by atoms with Crippen LogP contribution in [0.25, 0.3) is 0 Å². The number of anilines is 1. The Bertz CT molecular complexity index is 627. The summed E-state index contributed by atoms with van der Waals surface area (Å²) in [6.45, 7) is 1.28. The van der Waals surface area contributed by atoms with Crippen molar-refractivity contribution in [2.75, 3.05) is 19.0 Å². The van der Waals surface area contributed by atoms with Gasteiger partial charge in [0.2, 0.25) is 5.91 Å². The van der Waals surface area contributed by atoms with Crippen molar-refractivity contribution in [3.63, 3.8) is 0 Å². The number of thiazole rings is 1. The summed E-state index contributed by atoms with van der Waals surface area (Å²) in [5, 5.41) is 10.6. The number of amides is 1. The van der Waals surface area contributed by atoms with Gasteiger partial charge in [-0.1, -0.05) is 11.3 Å². The van der Waals surface area contributed by atoms with Crippen molar-refractivity contribution < 1.29 is 9.53 Å². The van der Waals surface area contributed by atoms with E-state index in [2.05, 4.69) is 20.7 Å². The molecule has 1 atom stereocenters. The van der Waals surface area contributed by atoms with E-state index in [-0.39, 0.29) is 5.91 Å². The minimum absolute atomic E-state index is 0.141. The van der Waals surface area contributed by atoms with Gasteiger partial charge in [-0.25, -0.2) is 4.98 Å². The third-order valence-electron chi connectivity index (χ3n) is 3.33. The third kappa shape index (κ3) is 2.97. The van der Waals surface area contributed by atoms with Crippen LogP contribution in [0, 0.1) is 0 Å². The Morgan fingerprint density at radius 2 is 2.43 bits per heavy atom. The van der Waals surface area contributed by atoms with E-state index >= 15 is 0 Å². The predicted molar refractivity (Wildman–Crippen MR) is 79.1 cm³/mol. The van der Waals surface area contributed by atoms with Gasteiger partial charge in [-0.05, 0) is 7.05 Å². The number of carbonyl (C=O) groups is 1. The molecule has 0 saturated carbocycles. The van der Waals surface area contributed by atoms with Crippen LogP contribution in [0.2, 0.25) is 0 Å². The minimum atomic E-state index is -0.448. The number of nitrogens with one attached hydrogen (secondary N) is 2. The number of carbonyl (C=O) groups excluding carboxylic acids is 1. The maximum atomic E-state index is 12.4. The largest absolute Gasteiger partial charge is 0.375 e. The number of fused-ring (bicyclic) bond motifs is 1. The Labute approximate surface area is 126 Å². The molecular formula is C13H17N5O2S. The smallest absolute Gasteiger partial charge is 0.247 e. The summed E-state index contributed by atoms with van der Waals surface area (Å²) in [5.74, 6) is -0.141. The Balaban J connectivity index is 1.74. The molecule has 112 valence electrons. The molecule has 1 unspecified atom stereocenters. The van der Waals surface area contributed by atoms with Crippen LogP contribution in [-0.2, 0) is 29.6 Å². The summed E-state index contributed by atoms with van der Waals surface area (Å²) in [7, 11) is 3.57. The number of ether oxygens (including phenoxy) is 1. The lowest BCUT2D eigenvalue weighted by Gasteiger charge is -2.12. The molecule has 2 aromatic heterocycles. The van der Waals surface area contributed by atoms with Gasteiger partial charge in [-0.15, -0.1) is 0 Å². The van der Waals surface area contributed by atoms with Crippen LogP contribution in [0.15, 0.2) is 12.4 Å². The van der Waals surface area contributed by atoms with Crippen LogP contribution in [0.5, 0.6) is 0 Å². The van der Waals surface area contributed by atoms with Crippen molar-refractivity contribution in [3.05, 3.63) is 28.5 Å². The van der Waals surface area contributed by atoms with Gasteiger partial charge in [0.15, 0.2) is 5.13 Å². The summed E-state index contributed by atoms with van der Waals surface area (Å²) >= 11 is 1.48. The zero-order valence-electron chi connectivity index (χ0n) is 11.9. The first kappa shape index (κ1) is 14.2. The Hall–Kier alpha value is -1.77. The second-order valence-electron chi connectivity index (χ2n) is 4.85. The molecule has 1 amide bonds. The zero-order chi connectivity index (χ0) is 14.8. The normalized spacial score (nSPS) is 15.5. The van der Waals surface area contributed by atoms with E-state index in [4.69, 9.17) is 4.74 Å². The van der Waals surface area contributed by atoms with Crippen molar-refractivity contribution in [2.45, 2.75) is 19.1 Å². The molecular weight excluding hydrogens is 290 g/mol. The number of rotatable bonds is 4. The third-order valence-corrected chi connectivity index (χ3v) is 4.32. The van der Waals surface area contributed by atoms with Gasteiger partial charge in [0.25, 0.3) is 0 Å². The van der Waals surface area contributed by atoms with Gasteiger partial charge < -0.3 is 15.4 Å². The Kier molecular flexibility index (Phi) is 4.00. The number of hydrogen-bond acceptors (Lipinski definition) is 6. The number of hydrogen-bond donors (Lipinski definition) is 2. The van der Waals surface area contributed by atoms with Crippen LogP contribution in [0.3, 0.4) is 0 Å². The average Bonchev–Trinajstić information content (AvgIpc) is 3.05. The summed E-state index contributed by atoms with van der Waals surface area (Å²) in [5.41, 5.74) is 1.85. The van der Waals surface area contributed by atoms with E-state index < -0.39 is 6.04 Å². The minimum Gasteiger partial charge on any atom is -0.375 e. The van der Waals surface area contributed by atoms with Crippen molar-refractivity contribution >= 4 is 22.4 Å². The van der Waals surface area contributed by atoms with E-state index in [1.807, 2.05) is 13.2 Å². The number of aromatic nitrogens is 3. The predicted octanol–water partition coefficient (Wildman–Crippen LogP) is 0.848. The molecule has 7 nitrogen and oxygen atoms in total. The lowest BCUT2D eigenvalue weighted by molar-refractivity contribution is -0.118. The van der Waals surface area contributed by atoms with Crippen LogP contribution in [0.4, 0.5) is 5.13 Å². The molecule has 0 fully saturated rings. The monoisotopic (exact) mass is 307 g/mol. The standard InChI is InChI=1S/C13H17N5O2S/c1-14-11(8-5-15-18(2)6-8)12(19)17-13-16-9-3-4-20-7-10(9)21-13/h5-6,11,14H,3-4,7H2,1-2H3,(H,16,17,19). The van der Waals surface area contributed by atoms with Gasteiger partial charge in [0.1, 0.15) is 6.04 Å². The van der Waals surface area contributed by atoms with E-state index in [1.165, 1.54) is 11.3 Å². The van der Waals surface area contributed by atoms with Gasteiger partial charge in [0, 0.05) is 25.2 Å². The van der Waals surface area contributed by atoms with Crippen molar-refractivity contribution in [2.24, 2.45) is 7.05 Å². The summed E-state index contributed by atoms with van der Waals surface area (Å²) < 4.78 is 7.06. The Morgan fingerprint density at radius 1 is 1.57 bits per heavy atom. The van der Waals surface area contributed by atoms with E-state index in [1.54, 1.807) is 17.9 Å². The molecule has 21 heavy (non-hydrogen) atoms. The molecule has 0 aliphatic carbocycles. The topological polar surface area (TPSA) is 81.1 Å². The van der Waals surface area contributed by atoms with Gasteiger partial charge in [-0.2, -0.15) is 5.10 Å². The summed E-state index contributed by atoms with van der Waals surface area (Å²) in [4.78, 5) is 18.0. The fraction of sp³-hybridized carbons (Fsp3) is 0.462. The number of nitrogens with zero attached hydrogens (tertiary/aromatic N) is 3. The van der Waals surface area contributed by atoms with E-state index in [9.17, 15) is 4.79 Å². The van der Waals surface area contributed by atoms with E-state index in [0.29, 0.717) is 18.3 Å². The van der Waals surface area contributed by atoms with Gasteiger partial charge in [-0.3, -0.25) is 9.48 Å². The molecule has 2 aromatic rings. The van der Waals surface area contributed by atoms with Crippen molar-refractivity contribution in [3.8, 4) is 0 Å². The Morgan fingerprint density at radius 3 is 3.10 bits per heavy atom. The molecule has 0 aromatic carbocycles. The van der Waals surface area contributed by atoms with Crippen LogP contribution in [0.1, 0.15) is 22.2 Å². The molecule has 8 heteroatoms. The van der Waals surface area contributed by atoms with Crippen molar-refractivity contribution in [1.29, 1.82) is 0 Å². The summed E-state index contributed by atoms with van der Waals surface area (Å²) in [6, 6.07) is -0.448. The zero-order valence-corrected chi connectivity index (χ0v) is 12.7. The van der Waals surface area contributed by atoms with Gasteiger partial charge >= 0.3 is 0 Å². The molecule has 1 aliphatic heterocycles. The molecule has 3 rings (SSSR count). The molecule has 0 radical (unpaired) electrons. The second kappa shape index (κ2) is 5.92. The first-order chi connectivity index (χ1) is 10.2.